The van der Waals surface area contributed by atoms with Gasteiger partial charge in [-0.1, -0.05) is 6.92 Å². The van der Waals surface area contributed by atoms with Gasteiger partial charge >= 0.3 is 0 Å². The summed E-state index contributed by atoms with van der Waals surface area (Å²) in [6, 6.07) is 6.39. The van der Waals surface area contributed by atoms with E-state index in [1.165, 1.54) is 0 Å². The van der Waals surface area contributed by atoms with E-state index in [-0.39, 0.29) is 17.7 Å². The van der Waals surface area contributed by atoms with Crippen molar-refractivity contribution in [2.24, 2.45) is 24.3 Å². The number of fused-ring (bicyclic) bond motifs is 1. The number of aromatic nitrogens is 4. The van der Waals surface area contributed by atoms with Crippen LogP contribution in [-0.2, 0) is 11.8 Å². The first-order valence-electron chi connectivity index (χ1n) is 9.24. The Bertz CT molecular complexity index is 1100. The van der Waals surface area contributed by atoms with Crippen LogP contribution in [-0.4, -0.2) is 31.6 Å². The minimum atomic E-state index is -0.892. The number of imidazole rings is 1. The molecular weight excluding hydrogens is 340 g/mol. The number of amides is 1. The number of hydrogen-bond donors (Lipinski definition) is 0. The lowest BCUT2D eigenvalue weighted by molar-refractivity contribution is -0.124. The van der Waals surface area contributed by atoms with Gasteiger partial charge < -0.3 is 0 Å². The number of hydrogen-bond acceptors (Lipinski definition) is 4. The van der Waals surface area contributed by atoms with Crippen molar-refractivity contribution in [1.29, 1.82) is 5.26 Å². The summed E-state index contributed by atoms with van der Waals surface area (Å²) in [5.74, 6) is 0.884. The molecule has 4 heterocycles. The van der Waals surface area contributed by atoms with Gasteiger partial charge in [0.1, 0.15) is 16.9 Å². The molecule has 7 heteroatoms. The van der Waals surface area contributed by atoms with Gasteiger partial charge in [0.15, 0.2) is 0 Å². The Morgan fingerprint density at radius 1 is 1.30 bits per heavy atom. The van der Waals surface area contributed by atoms with Crippen molar-refractivity contribution in [3.05, 3.63) is 36.9 Å². The zero-order valence-corrected chi connectivity index (χ0v) is 15.3. The quantitative estimate of drug-likeness (QED) is 0.719. The molecule has 0 bridgehead atoms. The molecule has 1 saturated carbocycles. The van der Waals surface area contributed by atoms with Gasteiger partial charge in [-0.15, -0.1) is 0 Å². The van der Waals surface area contributed by atoms with E-state index in [1.807, 2.05) is 42.9 Å². The fourth-order valence-corrected chi connectivity index (χ4v) is 4.45. The second-order valence-electron chi connectivity index (χ2n) is 7.73. The van der Waals surface area contributed by atoms with Crippen LogP contribution in [0.15, 0.2) is 36.9 Å². The summed E-state index contributed by atoms with van der Waals surface area (Å²) in [5, 5.41) is 14.2. The summed E-state index contributed by atoms with van der Waals surface area (Å²) in [5.41, 5.74) is 1.81. The lowest BCUT2D eigenvalue weighted by atomic mass is 9.75. The van der Waals surface area contributed by atoms with Crippen LogP contribution in [0.25, 0.3) is 16.8 Å². The van der Waals surface area contributed by atoms with Crippen LogP contribution in [0.5, 0.6) is 0 Å². The monoisotopic (exact) mass is 360 g/mol. The van der Waals surface area contributed by atoms with Crippen LogP contribution >= 0.6 is 0 Å². The summed E-state index contributed by atoms with van der Waals surface area (Å²) in [7, 11) is 1.88. The Morgan fingerprint density at radius 2 is 2.11 bits per heavy atom. The first-order valence-corrected chi connectivity index (χ1v) is 9.24. The van der Waals surface area contributed by atoms with Crippen molar-refractivity contribution in [3.63, 3.8) is 0 Å². The normalized spacial score (nSPS) is 25.3. The van der Waals surface area contributed by atoms with Crippen LogP contribution in [0.4, 0.5) is 5.82 Å². The number of nitriles is 1. The first kappa shape index (κ1) is 16.1. The summed E-state index contributed by atoms with van der Waals surface area (Å²) in [6.45, 7) is 2.57. The number of pyridine rings is 1. The van der Waals surface area contributed by atoms with E-state index in [4.69, 9.17) is 0 Å². The lowest BCUT2D eigenvalue weighted by Gasteiger charge is -2.23. The third-order valence-corrected chi connectivity index (χ3v) is 6.04. The van der Waals surface area contributed by atoms with Crippen molar-refractivity contribution in [3.8, 4) is 17.2 Å². The molecule has 5 rings (SSSR count). The lowest BCUT2D eigenvalue weighted by Crippen LogP contribution is -2.37. The average molecular weight is 360 g/mol. The molecule has 0 aromatic carbocycles. The van der Waals surface area contributed by atoms with E-state index in [2.05, 4.69) is 16.2 Å². The summed E-state index contributed by atoms with van der Waals surface area (Å²) < 4.78 is 3.67. The minimum absolute atomic E-state index is 0.00289. The summed E-state index contributed by atoms with van der Waals surface area (Å²) in [4.78, 5) is 19.6. The van der Waals surface area contributed by atoms with E-state index < -0.39 is 5.41 Å². The maximum Gasteiger partial charge on any atom is 0.249 e. The fourth-order valence-electron chi connectivity index (χ4n) is 4.45. The smallest absolute Gasteiger partial charge is 0.249 e. The molecule has 3 aromatic heterocycles. The molecule has 2 aliphatic rings. The second-order valence-corrected chi connectivity index (χ2v) is 7.73. The van der Waals surface area contributed by atoms with Crippen LogP contribution in [0.2, 0.25) is 0 Å². The second kappa shape index (κ2) is 5.43. The van der Waals surface area contributed by atoms with Gasteiger partial charge in [-0.3, -0.25) is 18.8 Å². The van der Waals surface area contributed by atoms with Gasteiger partial charge in [-0.25, -0.2) is 4.98 Å². The molecule has 0 unspecified atom stereocenters. The molecule has 1 saturated heterocycles. The molecule has 3 aromatic rings. The van der Waals surface area contributed by atoms with Gasteiger partial charge in [0.25, 0.3) is 0 Å². The Balaban J connectivity index is 1.66. The van der Waals surface area contributed by atoms with Gasteiger partial charge in [-0.05, 0) is 36.5 Å². The Labute approximate surface area is 156 Å². The average Bonchev–Trinajstić information content (AvgIpc) is 3.12. The molecule has 136 valence electrons. The SMILES string of the molecule is C[C@@H]1CN(c2cc(-c3cnn(C)c3)cc3nccn23)C(=O)[C@]1(C#N)C1CC1. The van der Waals surface area contributed by atoms with Crippen molar-refractivity contribution >= 4 is 17.4 Å². The molecule has 2 atom stereocenters. The standard InChI is InChI=1S/C20H20N6O/c1-13-10-26(19(27)20(13,12-21)16-3-4-16)18-8-14(15-9-23-24(2)11-15)7-17-22-5-6-25(17)18/h5-9,11,13,16H,3-4,10H2,1-2H3/t13-,20+/m1/s1. The predicted molar refractivity (Wildman–Crippen MR) is 99.7 cm³/mol. The molecule has 0 radical (unpaired) electrons. The van der Waals surface area contributed by atoms with Gasteiger partial charge in [-0.2, -0.15) is 10.4 Å². The maximum atomic E-state index is 13.4. The van der Waals surface area contributed by atoms with Crippen molar-refractivity contribution in [2.75, 3.05) is 11.4 Å². The van der Waals surface area contributed by atoms with E-state index >= 15 is 0 Å². The van der Waals surface area contributed by atoms with Crippen LogP contribution in [0.1, 0.15) is 19.8 Å². The summed E-state index contributed by atoms with van der Waals surface area (Å²) >= 11 is 0. The third kappa shape index (κ3) is 2.16. The third-order valence-electron chi connectivity index (χ3n) is 6.04. The van der Waals surface area contributed by atoms with Gasteiger partial charge in [0.2, 0.25) is 5.91 Å². The van der Waals surface area contributed by atoms with E-state index in [0.717, 1.165) is 35.4 Å². The molecule has 0 spiro atoms. The number of rotatable bonds is 3. The van der Waals surface area contributed by atoms with Gasteiger partial charge in [0, 0.05) is 43.7 Å². The van der Waals surface area contributed by atoms with Crippen molar-refractivity contribution in [1.82, 2.24) is 19.2 Å². The number of nitrogens with zero attached hydrogens (tertiary/aromatic N) is 6. The molecule has 1 amide bonds. The van der Waals surface area contributed by atoms with Crippen LogP contribution in [0.3, 0.4) is 0 Å². The number of carbonyl (C=O) groups is 1. The highest BCUT2D eigenvalue weighted by Crippen LogP contribution is 2.54. The maximum absolute atomic E-state index is 13.4. The van der Waals surface area contributed by atoms with Gasteiger partial charge in [0.05, 0.1) is 12.3 Å². The Morgan fingerprint density at radius 3 is 2.78 bits per heavy atom. The van der Waals surface area contributed by atoms with E-state index in [0.29, 0.717) is 6.54 Å². The molecular formula is C20H20N6O. The number of aryl methyl sites for hydroxylation is 1. The predicted octanol–water partition coefficient (Wildman–Crippen LogP) is 2.64. The highest BCUT2D eigenvalue weighted by molar-refractivity contribution is 6.02. The number of carbonyl (C=O) groups excluding carboxylic acids is 1. The highest BCUT2D eigenvalue weighted by Gasteiger charge is 2.61. The molecule has 7 nitrogen and oxygen atoms in total. The highest BCUT2D eigenvalue weighted by atomic mass is 16.2. The Hall–Kier alpha value is -3.14. The van der Waals surface area contributed by atoms with Crippen molar-refractivity contribution < 1.29 is 4.79 Å². The molecule has 0 N–H and O–H groups in total. The zero-order valence-electron chi connectivity index (χ0n) is 15.3. The molecule has 2 fully saturated rings. The van der Waals surface area contributed by atoms with Crippen molar-refractivity contribution in [2.45, 2.75) is 19.8 Å². The fraction of sp³-hybridized carbons (Fsp3) is 0.400. The number of anilines is 1. The van der Waals surface area contributed by atoms with E-state index in [9.17, 15) is 10.1 Å². The minimum Gasteiger partial charge on any atom is -0.296 e. The van der Waals surface area contributed by atoms with Crippen LogP contribution < -0.4 is 4.90 Å². The topological polar surface area (TPSA) is 79.2 Å². The van der Waals surface area contributed by atoms with Crippen LogP contribution in [0, 0.1) is 28.6 Å². The summed E-state index contributed by atoms with van der Waals surface area (Å²) in [6.07, 6.45) is 9.27. The first-order chi connectivity index (χ1) is 13.0. The zero-order chi connectivity index (χ0) is 18.8. The molecule has 1 aliphatic carbocycles. The Kier molecular flexibility index (Phi) is 3.23. The van der Waals surface area contributed by atoms with E-state index in [1.54, 1.807) is 22.0 Å². The molecule has 1 aliphatic heterocycles. The largest absolute Gasteiger partial charge is 0.296 e. The molecule has 27 heavy (non-hydrogen) atoms.